The maximum atomic E-state index is 11.9. The predicted molar refractivity (Wildman–Crippen MR) is 76.9 cm³/mol. The van der Waals surface area contributed by atoms with Crippen LogP contribution in [-0.2, 0) is 23.9 Å². The van der Waals surface area contributed by atoms with E-state index in [-0.39, 0.29) is 19.4 Å². The van der Waals surface area contributed by atoms with Gasteiger partial charge in [-0.2, -0.15) is 0 Å². The zero-order chi connectivity index (χ0) is 15.7. The molecule has 0 N–H and O–H groups in total. The Morgan fingerprint density at radius 2 is 2.14 bits per heavy atom. The van der Waals surface area contributed by atoms with Gasteiger partial charge in [0.1, 0.15) is 6.61 Å². The second-order valence-electron chi connectivity index (χ2n) is 4.74. The number of Topliss-reactive ketones (excluding diaryl/α,β-unsaturated/α-hetero) is 1. The zero-order valence-electron chi connectivity index (χ0n) is 12.3. The molecular formula is C15H21NO5. The van der Waals surface area contributed by atoms with Crippen molar-refractivity contribution in [1.29, 1.82) is 0 Å². The zero-order valence-corrected chi connectivity index (χ0v) is 12.3. The van der Waals surface area contributed by atoms with Gasteiger partial charge in [0.15, 0.2) is 11.7 Å². The first-order valence-corrected chi connectivity index (χ1v) is 7.16. The molecule has 0 saturated heterocycles. The van der Waals surface area contributed by atoms with Crippen LogP contribution in [0.25, 0.3) is 0 Å². The molecule has 1 unspecified atom stereocenters. The normalized spacial score (nSPS) is 17.1. The number of rotatable bonds is 10. The Kier molecular flexibility index (Phi) is 7.36. The van der Waals surface area contributed by atoms with E-state index in [0.29, 0.717) is 12.3 Å². The van der Waals surface area contributed by atoms with Crippen LogP contribution in [0.3, 0.4) is 0 Å². The minimum absolute atomic E-state index is 0.0723. The summed E-state index contributed by atoms with van der Waals surface area (Å²) >= 11 is 0. The summed E-state index contributed by atoms with van der Waals surface area (Å²) in [5.41, 5.74) is 0. The lowest BCUT2D eigenvalue weighted by molar-refractivity contribution is -0.145. The van der Waals surface area contributed by atoms with Crippen molar-refractivity contribution in [2.75, 3.05) is 6.61 Å². The largest absolute Gasteiger partial charge is 0.461 e. The standard InChI is InChI=1S/C15H21NO5/c1-3-5-6-7-12-16-14(15(19)21-12)11(17)8-9-13(18)20-10-4-2/h4,14H,2-3,5-10H2,1H3. The average molecular weight is 295 g/mol. The van der Waals surface area contributed by atoms with Gasteiger partial charge in [0.2, 0.25) is 6.04 Å². The summed E-state index contributed by atoms with van der Waals surface area (Å²) in [4.78, 5) is 38.7. The van der Waals surface area contributed by atoms with E-state index in [4.69, 9.17) is 9.47 Å². The molecule has 1 atom stereocenters. The lowest BCUT2D eigenvalue weighted by Gasteiger charge is -2.03. The number of ketones is 1. The van der Waals surface area contributed by atoms with Crippen molar-refractivity contribution < 1.29 is 23.9 Å². The summed E-state index contributed by atoms with van der Waals surface area (Å²) < 4.78 is 9.73. The smallest absolute Gasteiger partial charge is 0.345 e. The Bertz CT molecular complexity index is 441. The first kappa shape index (κ1) is 17.1. The Hall–Kier alpha value is -1.98. The van der Waals surface area contributed by atoms with E-state index in [9.17, 15) is 14.4 Å². The highest BCUT2D eigenvalue weighted by molar-refractivity contribution is 6.11. The second kappa shape index (κ2) is 9.05. The number of carbonyl (C=O) groups is 3. The Balaban J connectivity index is 2.40. The van der Waals surface area contributed by atoms with Gasteiger partial charge in [-0.1, -0.05) is 32.4 Å². The topological polar surface area (TPSA) is 82.0 Å². The molecule has 0 bridgehead atoms. The fraction of sp³-hybridized carbons (Fsp3) is 0.600. The summed E-state index contributed by atoms with van der Waals surface area (Å²) in [5.74, 6) is -1.24. The van der Waals surface area contributed by atoms with Crippen LogP contribution < -0.4 is 0 Å². The molecule has 0 aromatic rings. The Labute approximate surface area is 124 Å². The third kappa shape index (κ3) is 5.89. The van der Waals surface area contributed by atoms with Crippen molar-refractivity contribution in [1.82, 2.24) is 0 Å². The van der Waals surface area contributed by atoms with Gasteiger partial charge in [0.05, 0.1) is 6.42 Å². The predicted octanol–water partition coefficient (Wildman–Crippen LogP) is 1.97. The van der Waals surface area contributed by atoms with Gasteiger partial charge in [0.25, 0.3) is 0 Å². The van der Waals surface area contributed by atoms with Crippen LogP contribution in [0.2, 0.25) is 0 Å². The van der Waals surface area contributed by atoms with Crippen LogP contribution >= 0.6 is 0 Å². The van der Waals surface area contributed by atoms with Gasteiger partial charge >= 0.3 is 11.9 Å². The van der Waals surface area contributed by atoms with Crippen molar-refractivity contribution in [3.8, 4) is 0 Å². The van der Waals surface area contributed by atoms with E-state index >= 15 is 0 Å². The number of nitrogens with zero attached hydrogens (tertiary/aromatic N) is 1. The maximum Gasteiger partial charge on any atom is 0.345 e. The van der Waals surface area contributed by atoms with Crippen LogP contribution in [0.5, 0.6) is 0 Å². The van der Waals surface area contributed by atoms with E-state index in [1.165, 1.54) is 6.08 Å². The monoisotopic (exact) mass is 295 g/mol. The van der Waals surface area contributed by atoms with Gasteiger partial charge in [-0.3, -0.25) is 9.59 Å². The lowest BCUT2D eigenvalue weighted by Crippen LogP contribution is -2.26. The first-order chi connectivity index (χ1) is 10.1. The van der Waals surface area contributed by atoms with Crippen molar-refractivity contribution in [2.24, 2.45) is 4.99 Å². The summed E-state index contributed by atoms with van der Waals surface area (Å²) in [7, 11) is 0. The molecule has 1 heterocycles. The molecule has 0 aromatic heterocycles. The molecule has 1 aliphatic heterocycles. The molecule has 0 radical (unpaired) electrons. The molecule has 21 heavy (non-hydrogen) atoms. The highest BCUT2D eigenvalue weighted by Gasteiger charge is 2.34. The maximum absolute atomic E-state index is 11.9. The van der Waals surface area contributed by atoms with Gasteiger partial charge in [0, 0.05) is 12.8 Å². The molecule has 0 saturated carbocycles. The summed E-state index contributed by atoms with van der Waals surface area (Å²) in [6.07, 6.45) is 4.79. The minimum Gasteiger partial charge on any atom is -0.461 e. The third-order valence-corrected chi connectivity index (χ3v) is 2.95. The summed E-state index contributed by atoms with van der Waals surface area (Å²) in [5, 5.41) is 0. The molecule has 0 aromatic carbocycles. The number of unbranched alkanes of at least 4 members (excludes halogenated alkanes) is 2. The molecule has 0 fully saturated rings. The van der Waals surface area contributed by atoms with E-state index in [2.05, 4.69) is 18.5 Å². The van der Waals surface area contributed by atoms with Gasteiger partial charge in [-0.25, -0.2) is 9.79 Å². The van der Waals surface area contributed by atoms with Crippen LogP contribution in [0.15, 0.2) is 17.6 Å². The quantitative estimate of drug-likeness (QED) is 0.266. The van der Waals surface area contributed by atoms with E-state index in [1.807, 2.05) is 0 Å². The molecule has 0 amide bonds. The fourth-order valence-corrected chi connectivity index (χ4v) is 1.83. The minimum atomic E-state index is -1.12. The molecule has 116 valence electrons. The molecular weight excluding hydrogens is 274 g/mol. The second-order valence-corrected chi connectivity index (χ2v) is 4.74. The van der Waals surface area contributed by atoms with Crippen LogP contribution in [0, 0.1) is 0 Å². The molecule has 0 aliphatic carbocycles. The number of aliphatic imine (C=N–C) groups is 1. The van der Waals surface area contributed by atoms with Crippen molar-refractivity contribution >= 4 is 23.6 Å². The van der Waals surface area contributed by atoms with Gasteiger partial charge in [-0.15, -0.1) is 0 Å². The van der Waals surface area contributed by atoms with Crippen molar-refractivity contribution in [3.05, 3.63) is 12.7 Å². The van der Waals surface area contributed by atoms with Crippen LogP contribution in [-0.4, -0.2) is 36.3 Å². The number of hydrogen-bond donors (Lipinski definition) is 0. The summed E-state index contributed by atoms with van der Waals surface area (Å²) in [6, 6.07) is -1.12. The highest BCUT2D eigenvalue weighted by Crippen LogP contribution is 2.14. The highest BCUT2D eigenvalue weighted by atomic mass is 16.6. The fourth-order valence-electron chi connectivity index (χ4n) is 1.83. The molecule has 1 aliphatic rings. The van der Waals surface area contributed by atoms with E-state index in [1.54, 1.807) is 0 Å². The third-order valence-electron chi connectivity index (χ3n) is 2.95. The number of carbonyl (C=O) groups excluding carboxylic acids is 3. The molecule has 6 nitrogen and oxygen atoms in total. The molecule has 6 heteroatoms. The Morgan fingerprint density at radius 3 is 2.81 bits per heavy atom. The number of cyclic esters (lactones) is 1. The number of ether oxygens (including phenoxy) is 2. The molecule has 1 rings (SSSR count). The molecule has 0 spiro atoms. The van der Waals surface area contributed by atoms with E-state index in [0.717, 1.165) is 19.3 Å². The summed E-state index contributed by atoms with van der Waals surface area (Å²) in [6.45, 7) is 5.60. The van der Waals surface area contributed by atoms with Crippen molar-refractivity contribution in [2.45, 2.75) is 51.5 Å². The van der Waals surface area contributed by atoms with E-state index < -0.39 is 23.8 Å². The Morgan fingerprint density at radius 1 is 1.38 bits per heavy atom. The first-order valence-electron chi connectivity index (χ1n) is 7.16. The van der Waals surface area contributed by atoms with Gasteiger partial charge in [-0.05, 0) is 6.42 Å². The number of esters is 2. The van der Waals surface area contributed by atoms with Gasteiger partial charge < -0.3 is 9.47 Å². The number of hydrogen-bond acceptors (Lipinski definition) is 6. The van der Waals surface area contributed by atoms with Crippen LogP contribution in [0.4, 0.5) is 0 Å². The van der Waals surface area contributed by atoms with Crippen molar-refractivity contribution in [3.63, 3.8) is 0 Å². The lowest BCUT2D eigenvalue weighted by atomic mass is 10.1. The average Bonchev–Trinajstić information content (AvgIpc) is 2.84. The van der Waals surface area contributed by atoms with Crippen LogP contribution in [0.1, 0.15) is 45.4 Å². The SMILES string of the molecule is C=CCOC(=O)CCC(=O)C1N=C(CCCCC)OC1=O.